The molecule has 0 aliphatic carbocycles. The SMILES string of the molecule is C=CCOP(=O)(OCC=C)OCC(O)CCCC. The second-order valence-corrected chi connectivity index (χ2v) is 5.38. The van der Waals surface area contributed by atoms with Gasteiger partial charge in [0.25, 0.3) is 0 Å². The van der Waals surface area contributed by atoms with Crippen LogP contribution in [0.2, 0.25) is 0 Å². The quantitative estimate of drug-likeness (QED) is 0.439. The van der Waals surface area contributed by atoms with Gasteiger partial charge in [-0.05, 0) is 6.42 Å². The van der Waals surface area contributed by atoms with Crippen molar-refractivity contribution >= 4 is 7.82 Å². The predicted molar refractivity (Wildman–Crippen MR) is 71.4 cm³/mol. The first kappa shape index (κ1) is 17.6. The minimum atomic E-state index is -3.64. The molecule has 5 nitrogen and oxygen atoms in total. The van der Waals surface area contributed by atoms with E-state index < -0.39 is 13.9 Å². The minimum Gasteiger partial charge on any atom is -0.391 e. The number of aliphatic hydroxyl groups is 1. The van der Waals surface area contributed by atoms with E-state index in [0.717, 1.165) is 12.8 Å². The van der Waals surface area contributed by atoms with Crippen LogP contribution in [-0.4, -0.2) is 31.0 Å². The number of hydrogen-bond donors (Lipinski definition) is 1. The second-order valence-electron chi connectivity index (χ2n) is 3.71. The number of phosphoric acid groups is 1. The van der Waals surface area contributed by atoms with Gasteiger partial charge in [-0.3, -0.25) is 13.6 Å². The van der Waals surface area contributed by atoms with Gasteiger partial charge in [-0.2, -0.15) is 0 Å². The smallest absolute Gasteiger partial charge is 0.391 e. The fourth-order valence-electron chi connectivity index (χ4n) is 1.10. The Morgan fingerprint density at radius 3 is 2.22 bits per heavy atom. The van der Waals surface area contributed by atoms with Gasteiger partial charge in [0.15, 0.2) is 0 Å². The van der Waals surface area contributed by atoms with Gasteiger partial charge in [-0.1, -0.05) is 31.9 Å². The average molecular weight is 278 g/mol. The van der Waals surface area contributed by atoms with Crippen LogP contribution in [-0.2, 0) is 18.1 Å². The normalized spacial score (nSPS) is 13.2. The van der Waals surface area contributed by atoms with Crippen molar-refractivity contribution in [2.24, 2.45) is 0 Å². The highest BCUT2D eigenvalue weighted by Crippen LogP contribution is 2.49. The summed E-state index contributed by atoms with van der Waals surface area (Å²) >= 11 is 0. The number of aliphatic hydroxyl groups excluding tert-OH is 1. The molecule has 0 spiro atoms. The molecule has 0 radical (unpaired) electrons. The molecule has 1 N–H and O–H groups in total. The van der Waals surface area contributed by atoms with Crippen molar-refractivity contribution < 1.29 is 23.2 Å². The Morgan fingerprint density at radius 2 is 1.78 bits per heavy atom. The van der Waals surface area contributed by atoms with Gasteiger partial charge in [-0.25, -0.2) is 4.57 Å². The van der Waals surface area contributed by atoms with E-state index in [9.17, 15) is 9.67 Å². The molecule has 0 heterocycles. The summed E-state index contributed by atoms with van der Waals surface area (Å²) in [6.45, 7) is 8.96. The van der Waals surface area contributed by atoms with Crippen LogP contribution in [0.5, 0.6) is 0 Å². The molecule has 0 saturated heterocycles. The number of rotatable bonds is 12. The largest absolute Gasteiger partial charge is 0.475 e. The van der Waals surface area contributed by atoms with Gasteiger partial charge in [0.1, 0.15) is 0 Å². The Bertz CT molecular complexity index is 264. The summed E-state index contributed by atoms with van der Waals surface area (Å²) in [7, 11) is -3.64. The third-order valence-corrected chi connectivity index (χ3v) is 3.41. The highest BCUT2D eigenvalue weighted by atomic mass is 31.2. The molecule has 0 aliphatic rings. The van der Waals surface area contributed by atoms with E-state index in [1.54, 1.807) is 0 Å². The lowest BCUT2D eigenvalue weighted by Crippen LogP contribution is -2.15. The van der Waals surface area contributed by atoms with Crippen molar-refractivity contribution in [1.29, 1.82) is 0 Å². The predicted octanol–water partition coefficient (Wildman–Crippen LogP) is 3.07. The van der Waals surface area contributed by atoms with Crippen LogP contribution in [0.1, 0.15) is 26.2 Å². The van der Waals surface area contributed by atoms with Crippen LogP contribution in [0.4, 0.5) is 0 Å². The van der Waals surface area contributed by atoms with E-state index in [0.29, 0.717) is 6.42 Å². The molecule has 0 aromatic heterocycles. The lowest BCUT2D eigenvalue weighted by Gasteiger charge is -2.18. The summed E-state index contributed by atoms with van der Waals surface area (Å²) in [4.78, 5) is 0. The molecule has 0 aliphatic heterocycles. The summed E-state index contributed by atoms with van der Waals surface area (Å²) in [5.74, 6) is 0. The van der Waals surface area contributed by atoms with E-state index in [-0.39, 0.29) is 19.8 Å². The summed E-state index contributed by atoms with van der Waals surface area (Å²) in [6, 6.07) is 0. The summed E-state index contributed by atoms with van der Waals surface area (Å²) in [6.07, 6.45) is 4.68. The van der Waals surface area contributed by atoms with Crippen molar-refractivity contribution in [2.75, 3.05) is 19.8 Å². The Morgan fingerprint density at radius 1 is 1.22 bits per heavy atom. The van der Waals surface area contributed by atoms with Crippen molar-refractivity contribution in [2.45, 2.75) is 32.3 Å². The molecule has 18 heavy (non-hydrogen) atoms. The third-order valence-electron chi connectivity index (χ3n) is 2.02. The monoisotopic (exact) mass is 278 g/mol. The van der Waals surface area contributed by atoms with Gasteiger partial charge in [0.05, 0.1) is 25.9 Å². The fourth-order valence-corrected chi connectivity index (χ4v) is 2.25. The van der Waals surface area contributed by atoms with E-state index in [2.05, 4.69) is 13.2 Å². The average Bonchev–Trinajstić information content (AvgIpc) is 2.38. The maximum absolute atomic E-state index is 12.0. The molecule has 0 aromatic rings. The van der Waals surface area contributed by atoms with Gasteiger partial charge in [0, 0.05) is 0 Å². The topological polar surface area (TPSA) is 65.0 Å². The zero-order valence-electron chi connectivity index (χ0n) is 10.9. The van der Waals surface area contributed by atoms with Gasteiger partial charge >= 0.3 is 7.82 Å². The van der Waals surface area contributed by atoms with E-state index >= 15 is 0 Å². The maximum Gasteiger partial charge on any atom is 0.475 e. The lowest BCUT2D eigenvalue weighted by atomic mass is 10.2. The summed E-state index contributed by atoms with van der Waals surface area (Å²) < 4.78 is 27.0. The Kier molecular flexibility index (Phi) is 10.2. The Hall–Kier alpha value is -0.450. The first-order valence-corrected chi connectivity index (χ1v) is 7.47. The zero-order chi connectivity index (χ0) is 13.9. The fraction of sp³-hybridized carbons (Fsp3) is 0.667. The molecule has 106 valence electrons. The molecule has 1 atom stereocenters. The van der Waals surface area contributed by atoms with Gasteiger partial charge in [-0.15, -0.1) is 13.2 Å². The zero-order valence-corrected chi connectivity index (χ0v) is 11.8. The van der Waals surface area contributed by atoms with Crippen LogP contribution in [0, 0.1) is 0 Å². The van der Waals surface area contributed by atoms with E-state index in [1.165, 1.54) is 12.2 Å². The molecule has 0 aromatic carbocycles. The molecular weight excluding hydrogens is 255 g/mol. The summed E-state index contributed by atoms with van der Waals surface area (Å²) in [5, 5.41) is 9.60. The number of hydrogen-bond acceptors (Lipinski definition) is 5. The molecule has 0 amide bonds. The van der Waals surface area contributed by atoms with E-state index in [4.69, 9.17) is 13.6 Å². The third kappa shape index (κ3) is 8.61. The summed E-state index contributed by atoms with van der Waals surface area (Å²) in [5.41, 5.74) is 0. The minimum absolute atomic E-state index is 0.0550. The van der Waals surface area contributed by atoms with Gasteiger partial charge in [0.2, 0.25) is 0 Å². The van der Waals surface area contributed by atoms with Crippen LogP contribution in [0.3, 0.4) is 0 Å². The van der Waals surface area contributed by atoms with Crippen molar-refractivity contribution in [3.05, 3.63) is 25.3 Å². The highest BCUT2D eigenvalue weighted by molar-refractivity contribution is 7.48. The first-order chi connectivity index (χ1) is 8.58. The maximum atomic E-state index is 12.0. The van der Waals surface area contributed by atoms with Crippen LogP contribution >= 0.6 is 7.82 Å². The van der Waals surface area contributed by atoms with Crippen molar-refractivity contribution in [3.8, 4) is 0 Å². The van der Waals surface area contributed by atoms with Crippen molar-refractivity contribution in [1.82, 2.24) is 0 Å². The highest BCUT2D eigenvalue weighted by Gasteiger charge is 2.26. The lowest BCUT2D eigenvalue weighted by molar-refractivity contribution is 0.0608. The standard InChI is InChI=1S/C12H23O5P/c1-4-7-8-12(13)11-17-18(14,15-9-5-2)16-10-6-3/h5-6,12-13H,2-4,7-11H2,1H3. The molecule has 0 bridgehead atoms. The molecule has 6 heteroatoms. The molecule has 0 fully saturated rings. The molecule has 0 rings (SSSR count). The Balaban J connectivity index is 4.17. The number of phosphoric ester groups is 1. The van der Waals surface area contributed by atoms with Crippen LogP contribution in [0.15, 0.2) is 25.3 Å². The van der Waals surface area contributed by atoms with Crippen LogP contribution in [0.25, 0.3) is 0 Å². The Labute approximate surface area is 109 Å². The van der Waals surface area contributed by atoms with Gasteiger partial charge < -0.3 is 5.11 Å². The molecule has 0 saturated carbocycles. The second kappa shape index (κ2) is 10.5. The van der Waals surface area contributed by atoms with Crippen LogP contribution < -0.4 is 0 Å². The van der Waals surface area contributed by atoms with E-state index in [1.807, 2.05) is 6.92 Å². The first-order valence-electron chi connectivity index (χ1n) is 6.01. The van der Waals surface area contributed by atoms with Crippen molar-refractivity contribution in [3.63, 3.8) is 0 Å². The molecule has 1 unspecified atom stereocenters. The molecular formula is C12H23O5P. The number of unbranched alkanes of at least 4 members (excludes halogenated alkanes) is 1.